The van der Waals surface area contributed by atoms with Crippen molar-refractivity contribution in [3.8, 4) is 0 Å². The summed E-state index contributed by atoms with van der Waals surface area (Å²) in [6.45, 7) is 9.93. The third kappa shape index (κ3) is 7.86. The maximum absolute atomic E-state index is 10.6. The number of alkyl halides is 3. The number of halogens is 3. The highest BCUT2D eigenvalue weighted by Crippen LogP contribution is 2.13. The van der Waals surface area contributed by atoms with Gasteiger partial charge >= 0.3 is 12.1 Å². The Morgan fingerprint density at radius 1 is 1.10 bits per heavy atom. The van der Waals surface area contributed by atoms with Crippen LogP contribution in [-0.2, 0) is 22.6 Å². The molecule has 2 heterocycles. The molecule has 1 aromatic carbocycles. The van der Waals surface area contributed by atoms with Gasteiger partial charge in [0.05, 0.1) is 18.8 Å². The minimum Gasteiger partial charge on any atom is -0.475 e. The third-order valence-electron chi connectivity index (χ3n) is 4.42. The molecule has 0 atom stereocenters. The fourth-order valence-corrected chi connectivity index (χ4v) is 2.97. The van der Waals surface area contributed by atoms with Crippen LogP contribution in [0, 0.1) is 13.8 Å². The number of aromatic nitrogens is 2. The zero-order valence-electron chi connectivity index (χ0n) is 16.6. The van der Waals surface area contributed by atoms with E-state index >= 15 is 0 Å². The lowest BCUT2D eigenvalue weighted by Gasteiger charge is -2.19. The lowest BCUT2D eigenvalue weighted by molar-refractivity contribution is -0.192. The highest BCUT2D eigenvalue weighted by molar-refractivity contribution is 5.73. The highest BCUT2D eigenvalue weighted by atomic mass is 19.4. The van der Waals surface area contributed by atoms with E-state index < -0.39 is 12.1 Å². The molecule has 1 fully saturated rings. The van der Waals surface area contributed by atoms with Crippen LogP contribution in [0.25, 0.3) is 0 Å². The summed E-state index contributed by atoms with van der Waals surface area (Å²) in [6.07, 6.45) is -3.95. The monoisotopic (exact) mass is 413 g/mol. The van der Waals surface area contributed by atoms with Gasteiger partial charge in [-0.2, -0.15) is 18.3 Å². The molecule has 0 unspecified atom stereocenters. The molecule has 29 heavy (non-hydrogen) atoms. The summed E-state index contributed by atoms with van der Waals surface area (Å²) in [6, 6.07) is 11.1. The number of ether oxygens (including phenoxy) is 1. The van der Waals surface area contributed by atoms with Crippen molar-refractivity contribution in [1.29, 1.82) is 0 Å². The van der Waals surface area contributed by atoms with Gasteiger partial charge in [-0.3, -0.25) is 9.58 Å². The average molecular weight is 413 g/mol. The number of hydrogen-bond acceptors (Lipinski definition) is 4. The van der Waals surface area contributed by atoms with Crippen molar-refractivity contribution in [3.05, 3.63) is 52.8 Å². The molecule has 9 heteroatoms. The Bertz CT molecular complexity index is 781. The molecule has 3 rings (SSSR count). The normalized spacial score (nSPS) is 15.3. The van der Waals surface area contributed by atoms with Gasteiger partial charge in [0.2, 0.25) is 0 Å². The number of carbonyl (C=O) groups is 1. The van der Waals surface area contributed by atoms with Gasteiger partial charge in [-0.1, -0.05) is 24.3 Å². The molecule has 6 nitrogen and oxygen atoms in total. The molecule has 0 radical (unpaired) electrons. The van der Waals surface area contributed by atoms with Crippen molar-refractivity contribution in [3.63, 3.8) is 0 Å². The highest BCUT2D eigenvalue weighted by Gasteiger charge is 2.38. The third-order valence-corrected chi connectivity index (χ3v) is 4.42. The Morgan fingerprint density at radius 3 is 2.21 bits per heavy atom. The zero-order valence-corrected chi connectivity index (χ0v) is 16.6. The molecule has 0 spiro atoms. The van der Waals surface area contributed by atoms with E-state index in [9.17, 15) is 13.2 Å². The Kier molecular flexibility index (Phi) is 8.21. The Morgan fingerprint density at radius 2 is 1.69 bits per heavy atom. The first-order valence-electron chi connectivity index (χ1n) is 9.34. The van der Waals surface area contributed by atoms with Gasteiger partial charge in [-0.25, -0.2) is 4.79 Å². The quantitative estimate of drug-likeness (QED) is 0.832. The molecule has 0 bridgehead atoms. The van der Waals surface area contributed by atoms with Gasteiger partial charge in [0.25, 0.3) is 0 Å². The molecular formula is C20H26F3N3O3. The number of aryl methyl sites for hydroxylation is 2. The van der Waals surface area contributed by atoms with Gasteiger partial charge in [0.1, 0.15) is 0 Å². The molecule has 0 aliphatic carbocycles. The summed E-state index contributed by atoms with van der Waals surface area (Å²) in [5.41, 5.74) is 4.97. The predicted octanol–water partition coefficient (Wildman–Crippen LogP) is 3.40. The van der Waals surface area contributed by atoms with Gasteiger partial charge in [-0.15, -0.1) is 0 Å². The van der Waals surface area contributed by atoms with Crippen LogP contribution in [0.3, 0.4) is 0 Å². The summed E-state index contributed by atoms with van der Waals surface area (Å²) in [4.78, 5) is 11.4. The summed E-state index contributed by atoms with van der Waals surface area (Å²) < 4.78 is 39.3. The molecule has 1 aliphatic rings. The van der Waals surface area contributed by atoms with E-state index in [1.165, 1.54) is 16.8 Å². The molecule has 0 saturated carbocycles. The minimum absolute atomic E-state index is 0.845. The summed E-state index contributed by atoms with van der Waals surface area (Å²) >= 11 is 0. The van der Waals surface area contributed by atoms with E-state index in [4.69, 9.17) is 14.6 Å². The van der Waals surface area contributed by atoms with Crippen LogP contribution in [0.5, 0.6) is 0 Å². The first-order chi connectivity index (χ1) is 13.6. The number of carboxylic acids is 1. The van der Waals surface area contributed by atoms with Crippen molar-refractivity contribution in [1.82, 2.24) is 14.7 Å². The fourth-order valence-electron chi connectivity index (χ4n) is 2.97. The molecular weight excluding hydrogens is 387 g/mol. The lowest BCUT2D eigenvalue weighted by atomic mass is 10.1. The Hall–Kier alpha value is -2.39. The average Bonchev–Trinajstić information content (AvgIpc) is 2.83. The maximum Gasteiger partial charge on any atom is 0.490 e. The molecule has 2 aromatic rings. The lowest BCUT2D eigenvalue weighted by Crippen LogP contribution is -2.25. The van der Waals surface area contributed by atoms with Crippen LogP contribution in [-0.4, -0.2) is 58.2 Å². The van der Waals surface area contributed by atoms with Crippen LogP contribution in [0.15, 0.2) is 30.3 Å². The second-order valence-corrected chi connectivity index (χ2v) is 6.95. The Balaban J connectivity index is 0.000000370. The van der Waals surface area contributed by atoms with Crippen molar-refractivity contribution in [2.45, 2.75) is 39.5 Å². The predicted molar refractivity (Wildman–Crippen MR) is 102 cm³/mol. The molecule has 1 aliphatic heterocycles. The minimum atomic E-state index is -5.08. The van der Waals surface area contributed by atoms with E-state index in [1.807, 2.05) is 6.92 Å². The van der Waals surface area contributed by atoms with E-state index in [0.29, 0.717) is 0 Å². The van der Waals surface area contributed by atoms with E-state index in [0.717, 1.165) is 51.5 Å². The maximum atomic E-state index is 10.6. The molecule has 1 saturated heterocycles. The standard InChI is InChI=1S/C18H25N3O.C2HF3O2/c1-15-12-16(2)21(19-15)14-18-6-4-17(5-7-18)13-20-8-3-10-22-11-9-20;3-2(4,5)1(6)7/h4-7,12H,3,8-11,13-14H2,1-2H3;(H,6,7). The van der Waals surface area contributed by atoms with Gasteiger partial charge in [0, 0.05) is 31.9 Å². The van der Waals surface area contributed by atoms with Gasteiger partial charge in [-0.05, 0) is 37.5 Å². The number of aliphatic carboxylic acids is 1. The van der Waals surface area contributed by atoms with E-state index in [1.54, 1.807) is 0 Å². The van der Waals surface area contributed by atoms with Crippen LogP contribution in [0.4, 0.5) is 13.2 Å². The van der Waals surface area contributed by atoms with Crippen molar-refractivity contribution < 1.29 is 27.8 Å². The van der Waals surface area contributed by atoms with Crippen LogP contribution < -0.4 is 0 Å². The molecule has 1 aromatic heterocycles. The fraction of sp³-hybridized carbons (Fsp3) is 0.500. The second kappa shape index (κ2) is 10.4. The van der Waals surface area contributed by atoms with E-state index in [2.05, 4.69) is 51.9 Å². The molecule has 0 amide bonds. The molecule has 160 valence electrons. The SMILES string of the molecule is Cc1cc(C)n(Cc2ccc(CN3CCCOCC3)cc2)n1.O=C(O)C(F)(F)F. The second-order valence-electron chi connectivity index (χ2n) is 6.95. The number of rotatable bonds is 4. The smallest absolute Gasteiger partial charge is 0.475 e. The summed E-state index contributed by atoms with van der Waals surface area (Å²) in [5, 5.41) is 11.7. The number of nitrogens with zero attached hydrogens (tertiary/aromatic N) is 3. The Labute approximate surface area is 167 Å². The van der Waals surface area contributed by atoms with Gasteiger partial charge in [0.15, 0.2) is 0 Å². The molecule has 1 N–H and O–H groups in total. The van der Waals surface area contributed by atoms with Crippen molar-refractivity contribution in [2.24, 2.45) is 0 Å². The number of carboxylic acid groups (broad SMARTS) is 1. The zero-order chi connectivity index (χ0) is 21.4. The number of hydrogen-bond donors (Lipinski definition) is 1. The summed E-state index contributed by atoms with van der Waals surface area (Å²) in [7, 11) is 0. The van der Waals surface area contributed by atoms with Crippen LogP contribution >= 0.6 is 0 Å². The first kappa shape index (κ1) is 22.9. The topological polar surface area (TPSA) is 67.6 Å². The van der Waals surface area contributed by atoms with Crippen LogP contribution in [0.2, 0.25) is 0 Å². The van der Waals surface area contributed by atoms with Gasteiger partial charge < -0.3 is 9.84 Å². The van der Waals surface area contributed by atoms with Crippen LogP contribution in [0.1, 0.15) is 28.9 Å². The number of benzene rings is 1. The largest absolute Gasteiger partial charge is 0.490 e. The van der Waals surface area contributed by atoms with Crippen molar-refractivity contribution in [2.75, 3.05) is 26.3 Å². The van der Waals surface area contributed by atoms with Crippen molar-refractivity contribution >= 4 is 5.97 Å². The van der Waals surface area contributed by atoms with E-state index in [-0.39, 0.29) is 0 Å². The summed E-state index contributed by atoms with van der Waals surface area (Å²) in [5.74, 6) is -2.76. The first-order valence-corrected chi connectivity index (χ1v) is 9.34.